The van der Waals surface area contributed by atoms with Crippen LogP contribution >= 0.6 is 0 Å². The van der Waals surface area contributed by atoms with Gasteiger partial charge in [0.15, 0.2) is 11.3 Å². The molecule has 2 aromatic heterocycles. The molecule has 0 unspecified atom stereocenters. The van der Waals surface area contributed by atoms with Gasteiger partial charge in [0, 0.05) is 37.9 Å². The van der Waals surface area contributed by atoms with Crippen LogP contribution in [0.15, 0.2) is 30.3 Å². The van der Waals surface area contributed by atoms with E-state index in [9.17, 15) is 13.2 Å². The smallest absolute Gasteiger partial charge is 0.379 e. The van der Waals surface area contributed by atoms with Crippen molar-refractivity contribution >= 4 is 11.5 Å². The molecule has 160 valence electrons. The lowest BCUT2D eigenvalue weighted by Crippen LogP contribution is -2.39. The Labute approximate surface area is 172 Å². The first-order chi connectivity index (χ1) is 14.3. The SMILES string of the molecule is Cc1ccc(-c2c(C(F)(F)F)nn3c(NCCN4CCOCC4)cc(C)nc23)cc1. The van der Waals surface area contributed by atoms with Crippen molar-refractivity contribution in [2.45, 2.75) is 20.0 Å². The second kappa shape index (κ2) is 8.23. The predicted molar refractivity (Wildman–Crippen MR) is 109 cm³/mol. The van der Waals surface area contributed by atoms with Crippen LogP contribution in [-0.4, -0.2) is 58.9 Å². The van der Waals surface area contributed by atoms with Crippen LogP contribution < -0.4 is 5.32 Å². The summed E-state index contributed by atoms with van der Waals surface area (Å²) in [6.07, 6.45) is -4.59. The van der Waals surface area contributed by atoms with Gasteiger partial charge in [-0.25, -0.2) is 4.98 Å². The molecule has 0 aliphatic carbocycles. The Morgan fingerprint density at radius 3 is 2.47 bits per heavy atom. The molecule has 1 aliphatic rings. The summed E-state index contributed by atoms with van der Waals surface area (Å²) >= 11 is 0. The largest absolute Gasteiger partial charge is 0.435 e. The highest BCUT2D eigenvalue weighted by Crippen LogP contribution is 2.39. The van der Waals surface area contributed by atoms with E-state index in [0.717, 1.165) is 25.2 Å². The minimum absolute atomic E-state index is 0.00225. The zero-order chi connectivity index (χ0) is 21.3. The van der Waals surface area contributed by atoms with Gasteiger partial charge in [0.05, 0.1) is 18.8 Å². The van der Waals surface area contributed by atoms with Crippen molar-refractivity contribution in [2.75, 3.05) is 44.7 Å². The molecule has 3 heterocycles. The van der Waals surface area contributed by atoms with Gasteiger partial charge in [-0.05, 0) is 19.4 Å². The lowest BCUT2D eigenvalue weighted by molar-refractivity contribution is -0.140. The van der Waals surface area contributed by atoms with Gasteiger partial charge < -0.3 is 10.1 Å². The number of morpholine rings is 1. The molecule has 9 heteroatoms. The van der Waals surface area contributed by atoms with Gasteiger partial charge in [0.25, 0.3) is 0 Å². The van der Waals surface area contributed by atoms with E-state index >= 15 is 0 Å². The van der Waals surface area contributed by atoms with Gasteiger partial charge in [-0.2, -0.15) is 22.8 Å². The standard InChI is InChI=1S/C21H24F3N5O/c1-14-3-5-16(6-4-14)18-19(21(22,23)24)27-29-17(13-15(2)26-20(18)29)25-7-8-28-9-11-30-12-10-28/h3-6,13,25H,7-12H2,1-2H3. The van der Waals surface area contributed by atoms with E-state index < -0.39 is 11.9 Å². The van der Waals surface area contributed by atoms with E-state index in [1.807, 2.05) is 6.92 Å². The fraction of sp³-hybridized carbons (Fsp3) is 0.429. The molecule has 0 radical (unpaired) electrons. The third kappa shape index (κ3) is 4.27. The summed E-state index contributed by atoms with van der Waals surface area (Å²) in [4.78, 5) is 6.65. The molecule has 6 nitrogen and oxygen atoms in total. The monoisotopic (exact) mass is 419 g/mol. The van der Waals surface area contributed by atoms with Crippen LogP contribution in [0.25, 0.3) is 16.8 Å². The van der Waals surface area contributed by atoms with Gasteiger partial charge in [0.2, 0.25) is 0 Å². The molecular weight excluding hydrogens is 395 g/mol. The molecule has 30 heavy (non-hydrogen) atoms. The molecule has 0 atom stereocenters. The summed E-state index contributed by atoms with van der Waals surface area (Å²) in [7, 11) is 0. The van der Waals surface area contributed by atoms with Crippen molar-refractivity contribution in [3.05, 3.63) is 47.3 Å². The number of aryl methyl sites for hydroxylation is 2. The minimum Gasteiger partial charge on any atom is -0.379 e. The minimum atomic E-state index is -4.59. The highest BCUT2D eigenvalue weighted by molar-refractivity contribution is 5.81. The molecule has 1 aliphatic heterocycles. The van der Waals surface area contributed by atoms with Crippen molar-refractivity contribution in [3.63, 3.8) is 0 Å². The van der Waals surface area contributed by atoms with Gasteiger partial charge in [0.1, 0.15) is 5.82 Å². The summed E-state index contributed by atoms with van der Waals surface area (Å²) in [5.41, 5.74) is 1.31. The summed E-state index contributed by atoms with van der Waals surface area (Å²) in [5.74, 6) is 0.495. The molecule has 0 bridgehead atoms. The first kappa shape index (κ1) is 20.6. The maximum atomic E-state index is 13.8. The lowest BCUT2D eigenvalue weighted by Gasteiger charge is -2.26. The Morgan fingerprint density at radius 2 is 1.80 bits per heavy atom. The van der Waals surface area contributed by atoms with E-state index in [-0.39, 0.29) is 11.2 Å². The fourth-order valence-electron chi connectivity index (χ4n) is 3.62. The van der Waals surface area contributed by atoms with Crippen LogP contribution in [0.4, 0.5) is 19.0 Å². The molecular formula is C21H24F3N5O. The summed E-state index contributed by atoms with van der Waals surface area (Å²) in [5, 5.41) is 7.16. The van der Waals surface area contributed by atoms with Gasteiger partial charge in [-0.1, -0.05) is 29.8 Å². The Kier molecular flexibility index (Phi) is 5.66. The molecule has 1 saturated heterocycles. The van der Waals surface area contributed by atoms with Crippen LogP contribution in [-0.2, 0) is 10.9 Å². The number of rotatable bonds is 5. The number of nitrogens with zero attached hydrogens (tertiary/aromatic N) is 4. The van der Waals surface area contributed by atoms with Crippen molar-refractivity contribution in [3.8, 4) is 11.1 Å². The quantitative estimate of drug-likeness (QED) is 0.682. The fourth-order valence-corrected chi connectivity index (χ4v) is 3.62. The van der Waals surface area contributed by atoms with E-state index in [0.29, 0.717) is 36.8 Å². The van der Waals surface area contributed by atoms with E-state index in [1.54, 1.807) is 37.3 Å². The Hall–Kier alpha value is -2.65. The molecule has 3 aromatic rings. The van der Waals surface area contributed by atoms with E-state index in [1.165, 1.54) is 4.52 Å². The van der Waals surface area contributed by atoms with Gasteiger partial charge in [-0.15, -0.1) is 0 Å². The number of hydrogen-bond donors (Lipinski definition) is 1. The number of benzene rings is 1. The number of hydrogen-bond acceptors (Lipinski definition) is 5. The zero-order valence-corrected chi connectivity index (χ0v) is 17.0. The summed E-state index contributed by atoms with van der Waals surface area (Å²) < 4.78 is 48.1. The van der Waals surface area contributed by atoms with Crippen molar-refractivity contribution < 1.29 is 17.9 Å². The number of fused-ring (bicyclic) bond motifs is 1. The number of halogens is 3. The van der Waals surface area contributed by atoms with Crippen LogP contribution in [0.2, 0.25) is 0 Å². The number of ether oxygens (including phenoxy) is 1. The van der Waals surface area contributed by atoms with Crippen LogP contribution in [0.5, 0.6) is 0 Å². The first-order valence-electron chi connectivity index (χ1n) is 9.91. The third-order valence-corrected chi connectivity index (χ3v) is 5.16. The number of anilines is 1. The first-order valence-corrected chi connectivity index (χ1v) is 9.91. The lowest BCUT2D eigenvalue weighted by atomic mass is 10.0. The van der Waals surface area contributed by atoms with Crippen LogP contribution in [0, 0.1) is 13.8 Å². The molecule has 4 rings (SSSR count). The normalized spacial score (nSPS) is 15.6. The maximum absolute atomic E-state index is 13.8. The Balaban J connectivity index is 1.72. The van der Waals surface area contributed by atoms with Crippen molar-refractivity contribution in [1.82, 2.24) is 19.5 Å². The van der Waals surface area contributed by atoms with E-state index in [2.05, 4.69) is 20.3 Å². The maximum Gasteiger partial charge on any atom is 0.435 e. The second-order valence-corrected chi connectivity index (χ2v) is 7.49. The molecule has 1 aromatic carbocycles. The Bertz CT molecular complexity index is 1020. The Morgan fingerprint density at radius 1 is 1.10 bits per heavy atom. The second-order valence-electron chi connectivity index (χ2n) is 7.49. The van der Waals surface area contributed by atoms with Crippen molar-refractivity contribution in [2.24, 2.45) is 0 Å². The predicted octanol–water partition coefficient (Wildman–Crippen LogP) is 3.78. The number of nitrogens with one attached hydrogen (secondary N) is 1. The highest BCUT2D eigenvalue weighted by atomic mass is 19.4. The van der Waals surface area contributed by atoms with E-state index in [4.69, 9.17) is 4.74 Å². The number of aromatic nitrogens is 3. The summed E-state index contributed by atoms with van der Waals surface area (Å²) in [6, 6.07) is 8.65. The molecule has 1 N–H and O–H groups in total. The highest BCUT2D eigenvalue weighted by Gasteiger charge is 2.39. The molecule has 0 spiro atoms. The average Bonchev–Trinajstić information content (AvgIpc) is 3.09. The average molecular weight is 419 g/mol. The van der Waals surface area contributed by atoms with Crippen molar-refractivity contribution in [1.29, 1.82) is 0 Å². The third-order valence-electron chi connectivity index (χ3n) is 5.16. The molecule has 0 amide bonds. The molecule has 1 fully saturated rings. The topological polar surface area (TPSA) is 54.7 Å². The van der Waals surface area contributed by atoms with Crippen LogP contribution in [0.1, 0.15) is 17.0 Å². The molecule has 0 saturated carbocycles. The van der Waals surface area contributed by atoms with Crippen LogP contribution in [0.3, 0.4) is 0 Å². The summed E-state index contributed by atoms with van der Waals surface area (Å²) in [6.45, 7) is 8.12. The van der Waals surface area contributed by atoms with Gasteiger partial charge >= 0.3 is 6.18 Å². The number of alkyl halides is 3. The van der Waals surface area contributed by atoms with Gasteiger partial charge in [-0.3, -0.25) is 4.90 Å². The zero-order valence-electron chi connectivity index (χ0n) is 17.0.